The van der Waals surface area contributed by atoms with Crippen LogP contribution in [0.5, 0.6) is 0 Å². The lowest BCUT2D eigenvalue weighted by atomic mass is 10.6. The van der Waals surface area contributed by atoms with Gasteiger partial charge in [-0.05, 0) is 0 Å². The van der Waals surface area contributed by atoms with E-state index in [0.717, 1.165) is 0 Å². The lowest BCUT2D eigenvalue weighted by molar-refractivity contribution is -0.163. The Bertz CT molecular complexity index is 529. The lowest BCUT2D eigenvalue weighted by Gasteiger charge is -2.08. The number of rotatable bonds is 0. The summed E-state index contributed by atoms with van der Waals surface area (Å²) in [5.41, 5.74) is 0. The molecule has 0 aromatic heterocycles. The Morgan fingerprint density at radius 1 is 0.303 bits per heavy atom. The van der Waals surface area contributed by atoms with Crippen molar-refractivity contribution in [1.82, 2.24) is 0 Å². The van der Waals surface area contributed by atoms with Gasteiger partial charge in [-0.1, -0.05) is 0 Å². The first-order valence-corrected chi connectivity index (χ1v) is 9.53. The van der Waals surface area contributed by atoms with Crippen molar-refractivity contribution >= 4 is 35.8 Å². The van der Waals surface area contributed by atoms with Gasteiger partial charge in [-0.2, -0.15) is 0 Å². The van der Waals surface area contributed by atoms with E-state index in [1.165, 1.54) is 0 Å². The Morgan fingerprint density at radius 3 is 0.606 bits per heavy atom. The number of hydrogen-bond acceptors (Lipinski definition) is 15. The summed E-state index contributed by atoms with van der Waals surface area (Å²) in [4.78, 5) is 68.6. The molecule has 0 unspecified atom stereocenters. The van der Waals surface area contributed by atoms with Crippen molar-refractivity contribution in [3.8, 4) is 0 Å². The van der Waals surface area contributed by atoms with Crippen molar-refractivity contribution in [3.63, 3.8) is 0 Å². The van der Waals surface area contributed by atoms with E-state index in [2.05, 4.69) is 0 Å². The Morgan fingerprint density at radius 2 is 0.455 bits per heavy atom. The highest BCUT2D eigenvalue weighted by molar-refractivity contribution is 5.74. The van der Waals surface area contributed by atoms with E-state index in [9.17, 15) is 28.8 Å². The lowest BCUT2D eigenvalue weighted by Crippen LogP contribution is -2.23. The maximum absolute atomic E-state index is 11.4. The topological polar surface area (TPSA) is 185 Å². The molecular formula is C18H24O15. The van der Waals surface area contributed by atoms with E-state index in [0.29, 0.717) is 0 Å². The number of carbonyl (C=O) groups is 6. The largest absolute Gasteiger partial charge is 0.460 e. The minimum Gasteiger partial charge on any atom is -0.460 e. The van der Waals surface area contributed by atoms with E-state index in [1.807, 2.05) is 0 Å². The Balaban J connectivity index is 2.40. The van der Waals surface area contributed by atoms with Gasteiger partial charge in [0.05, 0.1) is 0 Å². The standard InChI is InChI=1S/C18H24O15/c19-13-7-25-9-15(21)30-3-4-32-17(23)11-27-12-18(24)33-6-5-31-16(22)10-26-8-14(20)29-2-1-28-13/h1-12H2. The van der Waals surface area contributed by atoms with Crippen LogP contribution < -0.4 is 0 Å². The molecule has 15 nitrogen and oxygen atoms in total. The summed E-state index contributed by atoms with van der Waals surface area (Å²) in [5, 5.41) is 0. The number of cyclic esters (lactones) is 6. The molecule has 33 heavy (non-hydrogen) atoms. The first-order valence-electron chi connectivity index (χ1n) is 9.53. The summed E-state index contributed by atoms with van der Waals surface area (Å²) in [6, 6.07) is 0. The van der Waals surface area contributed by atoms with Crippen LogP contribution in [0.2, 0.25) is 0 Å². The molecule has 0 aromatic rings. The predicted molar refractivity (Wildman–Crippen MR) is 98.2 cm³/mol. The van der Waals surface area contributed by atoms with Gasteiger partial charge in [-0.15, -0.1) is 0 Å². The molecular weight excluding hydrogens is 456 g/mol. The van der Waals surface area contributed by atoms with Crippen LogP contribution >= 0.6 is 0 Å². The van der Waals surface area contributed by atoms with Crippen molar-refractivity contribution in [3.05, 3.63) is 0 Å². The smallest absolute Gasteiger partial charge is 0.332 e. The molecule has 0 aromatic carbocycles. The third-order valence-electron chi connectivity index (χ3n) is 3.15. The van der Waals surface area contributed by atoms with Crippen molar-refractivity contribution in [2.75, 3.05) is 79.3 Å². The van der Waals surface area contributed by atoms with Crippen LogP contribution in [0.15, 0.2) is 0 Å². The Kier molecular flexibility index (Phi) is 14.5. The second-order valence-corrected chi connectivity index (χ2v) is 5.80. The molecule has 0 bridgehead atoms. The van der Waals surface area contributed by atoms with Gasteiger partial charge in [0.15, 0.2) is 0 Å². The molecule has 0 atom stereocenters. The normalized spacial score (nSPS) is 20.7. The first-order chi connectivity index (χ1) is 15.9. The highest BCUT2D eigenvalue weighted by Crippen LogP contribution is 1.91. The fourth-order valence-corrected chi connectivity index (χ4v) is 1.84. The number of ether oxygens (including phenoxy) is 9. The summed E-state index contributed by atoms with van der Waals surface area (Å²) in [5.74, 6) is -4.88. The highest BCUT2D eigenvalue weighted by Gasteiger charge is 2.12. The van der Waals surface area contributed by atoms with Crippen molar-refractivity contribution in [2.45, 2.75) is 0 Å². The maximum atomic E-state index is 11.4. The third kappa shape index (κ3) is 16.1. The Hall–Kier alpha value is -3.30. The van der Waals surface area contributed by atoms with Crippen LogP contribution in [0.25, 0.3) is 0 Å². The number of carbonyl (C=O) groups excluding carboxylic acids is 6. The molecule has 0 spiro atoms. The molecule has 0 aliphatic carbocycles. The zero-order valence-corrected chi connectivity index (χ0v) is 17.6. The summed E-state index contributed by atoms with van der Waals surface area (Å²) in [6.45, 7) is -4.93. The molecule has 1 fully saturated rings. The van der Waals surface area contributed by atoms with Gasteiger partial charge in [-0.25, -0.2) is 28.8 Å². The average molecular weight is 480 g/mol. The molecule has 15 heteroatoms. The molecule has 0 radical (unpaired) electrons. The predicted octanol–water partition coefficient (Wildman–Crippen LogP) is -2.69. The molecule has 0 N–H and O–H groups in total. The van der Waals surface area contributed by atoms with Crippen molar-refractivity contribution in [2.24, 2.45) is 0 Å². The minimum absolute atomic E-state index is 0.270. The highest BCUT2D eigenvalue weighted by atomic mass is 16.6. The first kappa shape index (κ1) is 27.7. The molecule has 1 aliphatic rings. The van der Waals surface area contributed by atoms with E-state index in [1.54, 1.807) is 0 Å². The fourth-order valence-electron chi connectivity index (χ4n) is 1.84. The van der Waals surface area contributed by atoms with Crippen LogP contribution in [0.4, 0.5) is 0 Å². The molecule has 1 heterocycles. The van der Waals surface area contributed by atoms with Crippen LogP contribution in [-0.2, 0) is 71.4 Å². The zero-order chi connectivity index (χ0) is 24.3. The van der Waals surface area contributed by atoms with Crippen LogP contribution in [0.3, 0.4) is 0 Å². The summed E-state index contributed by atoms with van der Waals surface area (Å²) in [6.07, 6.45) is 0. The Labute approximate surface area is 187 Å². The summed E-state index contributed by atoms with van der Waals surface area (Å²) >= 11 is 0. The average Bonchev–Trinajstić information content (AvgIpc) is 2.77. The minimum atomic E-state index is -0.813. The van der Waals surface area contributed by atoms with Crippen molar-refractivity contribution < 1.29 is 71.4 Å². The van der Waals surface area contributed by atoms with E-state index in [-0.39, 0.29) is 39.6 Å². The molecule has 0 saturated carbocycles. The molecule has 1 aliphatic heterocycles. The second-order valence-electron chi connectivity index (χ2n) is 5.80. The number of hydrogen-bond donors (Lipinski definition) is 0. The van der Waals surface area contributed by atoms with Gasteiger partial charge >= 0.3 is 35.8 Å². The number of esters is 6. The van der Waals surface area contributed by atoms with Gasteiger partial charge in [0.25, 0.3) is 0 Å². The molecule has 1 rings (SSSR count). The maximum Gasteiger partial charge on any atom is 0.332 e. The zero-order valence-electron chi connectivity index (χ0n) is 17.6. The van der Waals surface area contributed by atoms with Gasteiger partial charge < -0.3 is 42.6 Å². The van der Waals surface area contributed by atoms with Gasteiger partial charge in [-0.3, -0.25) is 0 Å². The van der Waals surface area contributed by atoms with E-state index >= 15 is 0 Å². The van der Waals surface area contributed by atoms with Crippen LogP contribution in [0, 0.1) is 0 Å². The SMILES string of the molecule is O=C1COCC(=O)OCCOC(=O)COCC(=O)OCCOC(=O)COCC(=O)OCCO1. The van der Waals surface area contributed by atoms with E-state index in [4.69, 9.17) is 42.6 Å². The summed E-state index contributed by atoms with van der Waals surface area (Å²) in [7, 11) is 0. The van der Waals surface area contributed by atoms with Crippen LogP contribution in [0.1, 0.15) is 0 Å². The second kappa shape index (κ2) is 17.3. The van der Waals surface area contributed by atoms with Gasteiger partial charge in [0, 0.05) is 0 Å². The van der Waals surface area contributed by atoms with Crippen LogP contribution in [-0.4, -0.2) is 115 Å². The van der Waals surface area contributed by atoms with Gasteiger partial charge in [0.1, 0.15) is 79.3 Å². The monoisotopic (exact) mass is 480 g/mol. The van der Waals surface area contributed by atoms with E-state index < -0.39 is 75.5 Å². The molecule has 0 amide bonds. The van der Waals surface area contributed by atoms with Gasteiger partial charge in [0.2, 0.25) is 0 Å². The fraction of sp³-hybridized carbons (Fsp3) is 0.667. The molecule has 186 valence electrons. The summed E-state index contributed by atoms with van der Waals surface area (Å²) < 4.78 is 42.7. The quantitative estimate of drug-likeness (QED) is 0.257. The van der Waals surface area contributed by atoms with Crippen molar-refractivity contribution in [1.29, 1.82) is 0 Å². The molecule has 1 saturated heterocycles. The third-order valence-corrected chi connectivity index (χ3v) is 3.15.